The molecule has 4 N–H and O–H groups in total. The third kappa shape index (κ3) is 23.2. The van der Waals surface area contributed by atoms with Crippen LogP contribution >= 0.6 is 0 Å². The van der Waals surface area contributed by atoms with E-state index in [4.69, 9.17) is 5.73 Å². The molecule has 1 unspecified atom stereocenters. The van der Waals surface area contributed by atoms with Crippen LogP contribution in [-0.2, 0) is 19.2 Å². The molecular weight excluding hydrogens is 432 g/mol. The van der Waals surface area contributed by atoms with Gasteiger partial charge in [0.1, 0.15) is 11.8 Å². The topological polar surface area (TPSA) is 122 Å². The second-order valence-corrected chi connectivity index (χ2v) is 8.25. The number of unbranched alkanes of at least 4 members (excludes halogenated alkanes) is 3. The quantitative estimate of drug-likeness (QED) is 0.320. The molecule has 202 valence electrons. The van der Waals surface area contributed by atoms with Crippen LogP contribution in [0.1, 0.15) is 106 Å². The predicted octanol–water partition coefficient (Wildman–Crippen LogP) is 3.81. The van der Waals surface area contributed by atoms with Crippen molar-refractivity contribution < 1.29 is 19.2 Å². The van der Waals surface area contributed by atoms with Crippen LogP contribution in [0, 0.1) is 5.92 Å². The number of likely N-dealkylation sites (tertiary alicyclic amines) is 1. The maximum absolute atomic E-state index is 11.7. The predicted molar refractivity (Wildman–Crippen MR) is 141 cm³/mol. The number of rotatable bonds is 10. The summed E-state index contributed by atoms with van der Waals surface area (Å²) in [5.74, 6) is 0.211. The first-order valence-corrected chi connectivity index (χ1v) is 13.3. The zero-order valence-electron chi connectivity index (χ0n) is 23.1. The third-order valence-corrected chi connectivity index (χ3v) is 4.71. The van der Waals surface area contributed by atoms with Crippen molar-refractivity contribution in [3.05, 3.63) is 0 Å². The number of nitrogens with two attached hydrogens (primary N) is 1. The van der Waals surface area contributed by atoms with Crippen molar-refractivity contribution in [2.24, 2.45) is 11.7 Å². The largest absolute Gasteiger partial charge is 0.358 e. The fourth-order valence-corrected chi connectivity index (χ4v) is 2.82. The molecule has 0 spiro atoms. The van der Waals surface area contributed by atoms with Gasteiger partial charge in [-0.2, -0.15) is 0 Å². The average Bonchev–Trinajstić information content (AvgIpc) is 3.55. The first-order chi connectivity index (χ1) is 16.3. The zero-order chi connectivity index (χ0) is 26.8. The fraction of sp³-hybridized carbons (Fsp3) is 0.846. The van der Waals surface area contributed by atoms with Crippen molar-refractivity contribution in [3.8, 4) is 0 Å². The van der Waals surface area contributed by atoms with Crippen molar-refractivity contribution in [2.45, 2.75) is 112 Å². The Balaban J connectivity index is -0.000000441. The second kappa shape index (κ2) is 27.3. The lowest BCUT2D eigenvalue weighted by atomic mass is 10.2. The van der Waals surface area contributed by atoms with E-state index in [9.17, 15) is 19.2 Å². The van der Waals surface area contributed by atoms with Crippen molar-refractivity contribution in [3.63, 3.8) is 0 Å². The number of ketones is 1. The lowest BCUT2D eigenvalue weighted by Gasteiger charge is -2.23. The molecule has 1 aliphatic heterocycles. The minimum absolute atomic E-state index is 0.0139. The normalized spacial score (nSPS) is 15.4. The summed E-state index contributed by atoms with van der Waals surface area (Å²) >= 11 is 0. The number of carbonyl (C=O) groups excluding carboxylic acids is 4. The summed E-state index contributed by atoms with van der Waals surface area (Å²) in [6.45, 7) is 15.5. The summed E-state index contributed by atoms with van der Waals surface area (Å²) in [7, 11) is 0. The Morgan fingerprint density at radius 3 is 1.91 bits per heavy atom. The van der Waals surface area contributed by atoms with Crippen LogP contribution in [0.3, 0.4) is 0 Å². The Labute approximate surface area is 209 Å². The third-order valence-electron chi connectivity index (χ3n) is 4.71. The summed E-state index contributed by atoms with van der Waals surface area (Å²) in [6.07, 6.45) is 11.6. The molecule has 1 atom stereocenters. The highest BCUT2D eigenvalue weighted by atomic mass is 16.2. The van der Waals surface area contributed by atoms with E-state index in [1.165, 1.54) is 56.8 Å². The smallest absolute Gasteiger partial charge is 0.243 e. The average molecular weight is 487 g/mol. The maximum atomic E-state index is 11.7. The molecule has 2 rings (SSSR count). The Kier molecular flexibility index (Phi) is 29.4. The summed E-state index contributed by atoms with van der Waals surface area (Å²) in [4.78, 5) is 44.9. The van der Waals surface area contributed by atoms with Crippen LogP contribution in [0.15, 0.2) is 0 Å². The van der Waals surface area contributed by atoms with Gasteiger partial charge in [0.15, 0.2) is 0 Å². The summed E-state index contributed by atoms with van der Waals surface area (Å²) < 4.78 is 0. The number of carbonyl (C=O) groups is 4. The van der Waals surface area contributed by atoms with Gasteiger partial charge in [0.05, 0.1) is 13.1 Å². The number of amides is 3. The summed E-state index contributed by atoms with van der Waals surface area (Å²) in [6, 6.07) is -0.463. The summed E-state index contributed by atoms with van der Waals surface area (Å²) in [5.41, 5.74) is 5.26. The van der Waals surface area contributed by atoms with Gasteiger partial charge in [0, 0.05) is 13.1 Å². The standard InChI is InChI=1S/C10H17N3O3.C6H14.C5H9NO.C3H8.C2H6/c1-7(14)6-12-10(16)8-3-2-4-13(8)9(15)5-11;1-3-5-6-4-2;7-4-6-3-5-1-2-5;1-3-2;1-2/h8H,2-6,11H2,1H3,(H,12,16);3-6H2,1-2H3;4-5H,1-3H2,(H,6,7);3H2,1-2H3;1-2H3. The first-order valence-electron chi connectivity index (χ1n) is 13.3. The van der Waals surface area contributed by atoms with Gasteiger partial charge in [0.2, 0.25) is 18.2 Å². The molecule has 2 fully saturated rings. The molecule has 0 radical (unpaired) electrons. The molecule has 0 bridgehead atoms. The number of nitrogens with one attached hydrogen (secondary N) is 2. The molecule has 0 aromatic rings. The van der Waals surface area contributed by atoms with Gasteiger partial charge in [-0.15, -0.1) is 0 Å². The van der Waals surface area contributed by atoms with E-state index in [0.717, 1.165) is 25.3 Å². The molecule has 0 aromatic heterocycles. The fourth-order valence-electron chi connectivity index (χ4n) is 2.82. The zero-order valence-corrected chi connectivity index (χ0v) is 23.1. The summed E-state index contributed by atoms with van der Waals surface area (Å²) in [5, 5.41) is 5.14. The SMILES string of the molecule is CC.CC(=O)CNC(=O)C1CCCN1C(=O)CN.CCC.CCCCCC.O=CNCC1CC1. The molecule has 1 heterocycles. The minimum Gasteiger partial charge on any atom is -0.358 e. The van der Waals surface area contributed by atoms with E-state index in [1.807, 2.05) is 13.8 Å². The van der Waals surface area contributed by atoms with Crippen LogP contribution in [0.4, 0.5) is 0 Å². The van der Waals surface area contributed by atoms with Crippen molar-refractivity contribution in [1.82, 2.24) is 15.5 Å². The molecule has 1 saturated heterocycles. The second-order valence-electron chi connectivity index (χ2n) is 8.25. The molecular formula is C26H54N4O4. The minimum atomic E-state index is -0.463. The Morgan fingerprint density at radius 2 is 1.53 bits per heavy atom. The van der Waals surface area contributed by atoms with Crippen molar-refractivity contribution >= 4 is 24.0 Å². The molecule has 8 heteroatoms. The number of hydrogen-bond acceptors (Lipinski definition) is 5. The van der Waals surface area contributed by atoms with E-state index < -0.39 is 6.04 Å². The van der Waals surface area contributed by atoms with Gasteiger partial charge < -0.3 is 21.3 Å². The van der Waals surface area contributed by atoms with Gasteiger partial charge in [-0.05, 0) is 38.5 Å². The van der Waals surface area contributed by atoms with Gasteiger partial charge in [-0.1, -0.05) is 73.6 Å². The van der Waals surface area contributed by atoms with Crippen LogP contribution < -0.4 is 16.4 Å². The van der Waals surface area contributed by atoms with Gasteiger partial charge >= 0.3 is 0 Å². The van der Waals surface area contributed by atoms with Gasteiger partial charge in [0.25, 0.3) is 0 Å². The van der Waals surface area contributed by atoms with E-state index in [2.05, 4.69) is 38.3 Å². The lowest BCUT2D eigenvalue weighted by molar-refractivity contribution is -0.137. The molecule has 1 saturated carbocycles. The van der Waals surface area contributed by atoms with E-state index in [1.54, 1.807) is 0 Å². The van der Waals surface area contributed by atoms with E-state index in [-0.39, 0.29) is 30.7 Å². The molecule has 34 heavy (non-hydrogen) atoms. The Hall–Kier alpha value is -1.96. The Bertz CT molecular complexity index is 507. The molecule has 2 aliphatic rings. The van der Waals surface area contributed by atoms with Crippen LogP contribution in [0.5, 0.6) is 0 Å². The number of hydrogen-bond donors (Lipinski definition) is 3. The highest BCUT2D eigenvalue weighted by Gasteiger charge is 2.33. The molecule has 0 aromatic carbocycles. The van der Waals surface area contributed by atoms with Crippen molar-refractivity contribution in [1.29, 1.82) is 0 Å². The van der Waals surface area contributed by atoms with Crippen LogP contribution in [0.25, 0.3) is 0 Å². The van der Waals surface area contributed by atoms with Crippen molar-refractivity contribution in [2.75, 3.05) is 26.2 Å². The van der Waals surface area contributed by atoms with Gasteiger partial charge in [-0.25, -0.2) is 0 Å². The highest BCUT2D eigenvalue weighted by molar-refractivity contribution is 5.91. The lowest BCUT2D eigenvalue weighted by Crippen LogP contribution is -2.48. The molecule has 8 nitrogen and oxygen atoms in total. The van der Waals surface area contributed by atoms with E-state index in [0.29, 0.717) is 13.0 Å². The number of Topliss-reactive ketones (excluding diaryl/α,β-unsaturated/α-hetero) is 1. The van der Waals surface area contributed by atoms with Crippen LogP contribution in [-0.4, -0.2) is 61.1 Å². The monoisotopic (exact) mass is 486 g/mol. The van der Waals surface area contributed by atoms with Gasteiger partial charge in [-0.3, -0.25) is 19.2 Å². The first kappa shape index (κ1) is 36.6. The Morgan fingerprint density at radius 1 is 1.00 bits per heavy atom. The highest BCUT2D eigenvalue weighted by Crippen LogP contribution is 2.27. The molecule has 3 amide bonds. The molecule has 1 aliphatic carbocycles. The number of nitrogens with zero attached hydrogens (tertiary/aromatic N) is 1. The van der Waals surface area contributed by atoms with Crippen LogP contribution in [0.2, 0.25) is 0 Å². The maximum Gasteiger partial charge on any atom is 0.243 e. The van der Waals surface area contributed by atoms with E-state index >= 15 is 0 Å².